The number of sulfonamides is 2. The second-order valence-corrected chi connectivity index (χ2v) is 13.5. The van der Waals surface area contributed by atoms with Crippen molar-refractivity contribution in [2.75, 3.05) is 19.6 Å². The number of hydrogen-bond acceptors (Lipinski definition) is 4. The van der Waals surface area contributed by atoms with E-state index in [1.54, 1.807) is 31.2 Å². The van der Waals surface area contributed by atoms with Crippen molar-refractivity contribution < 1.29 is 16.8 Å². The molecule has 31 heavy (non-hydrogen) atoms. The first-order valence-corrected chi connectivity index (χ1v) is 14.3. The lowest BCUT2D eigenvalue weighted by Crippen LogP contribution is -2.55. The molecule has 2 aromatic rings. The summed E-state index contributed by atoms with van der Waals surface area (Å²) in [4.78, 5) is 0.409. The van der Waals surface area contributed by atoms with E-state index >= 15 is 0 Å². The Morgan fingerprint density at radius 1 is 0.742 bits per heavy atom. The number of hydrogen-bond donors (Lipinski definition) is 0. The minimum atomic E-state index is -3.78. The van der Waals surface area contributed by atoms with E-state index in [-0.39, 0.29) is 29.4 Å². The average Bonchev–Trinajstić information content (AvgIpc) is 2.66. The molecule has 2 aromatic carbocycles. The van der Waals surface area contributed by atoms with E-state index in [1.165, 1.54) is 8.61 Å². The predicted octanol–water partition coefficient (Wildman–Crippen LogP) is 4.53. The fourth-order valence-electron chi connectivity index (χ4n) is 3.65. The summed E-state index contributed by atoms with van der Waals surface area (Å²) in [6, 6.07) is 6.41. The molecule has 0 aliphatic carbocycles. The molecule has 1 fully saturated rings. The molecule has 0 bridgehead atoms. The highest BCUT2D eigenvalue weighted by molar-refractivity contribution is 9.10. The van der Waals surface area contributed by atoms with Crippen LogP contribution in [0.3, 0.4) is 0 Å². The average molecular weight is 594 g/mol. The van der Waals surface area contributed by atoms with Gasteiger partial charge in [0.1, 0.15) is 0 Å². The first-order valence-electron chi connectivity index (χ1n) is 9.82. The van der Waals surface area contributed by atoms with Crippen molar-refractivity contribution in [2.45, 2.75) is 50.5 Å². The molecule has 0 spiro atoms. The summed E-state index contributed by atoms with van der Waals surface area (Å²) in [5.41, 5.74) is 3.76. The van der Waals surface area contributed by atoms with Crippen molar-refractivity contribution in [3.63, 3.8) is 0 Å². The van der Waals surface area contributed by atoms with Crippen LogP contribution in [0.25, 0.3) is 0 Å². The smallest absolute Gasteiger partial charge is 0.207 e. The maximum atomic E-state index is 13.4. The minimum Gasteiger partial charge on any atom is -0.207 e. The lowest BCUT2D eigenvalue weighted by molar-refractivity contribution is 0.212. The molecule has 0 radical (unpaired) electrons. The molecule has 0 aromatic heterocycles. The molecule has 1 unspecified atom stereocenters. The third-order valence-corrected chi connectivity index (χ3v) is 11.6. The van der Waals surface area contributed by atoms with Gasteiger partial charge in [-0.25, -0.2) is 16.8 Å². The van der Waals surface area contributed by atoms with E-state index in [9.17, 15) is 16.8 Å². The number of benzene rings is 2. The summed E-state index contributed by atoms with van der Waals surface area (Å²) in [6.45, 7) is 9.59. The zero-order valence-electron chi connectivity index (χ0n) is 18.1. The van der Waals surface area contributed by atoms with Crippen LogP contribution in [-0.2, 0) is 20.0 Å². The van der Waals surface area contributed by atoms with Gasteiger partial charge >= 0.3 is 0 Å². The fraction of sp³-hybridized carbons (Fsp3) is 0.429. The van der Waals surface area contributed by atoms with Crippen LogP contribution in [-0.4, -0.2) is 51.1 Å². The Balaban J connectivity index is 1.90. The van der Waals surface area contributed by atoms with Crippen molar-refractivity contribution in [2.24, 2.45) is 0 Å². The minimum absolute atomic E-state index is 0.0867. The lowest BCUT2D eigenvalue weighted by atomic mass is 10.1. The van der Waals surface area contributed by atoms with Gasteiger partial charge in [0.25, 0.3) is 0 Å². The van der Waals surface area contributed by atoms with Crippen LogP contribution >= 0.6 is 31.9 Å². The Bertz CT molecular complexity index is 1240. The van der Waals surface area contributed by atoms with Crippen LogP contribution in [0, 0.1) is 27.7 Å². The van der Waals surface area contributed by atoms with E-state index in [0.29, 0.717) is 8.95 Å². The van der Waals surface area contributed by atoms with Gasteiger partial charge < -0.3 is 0 Å². The zero-order valence-corrected chi connectivity index (χ0v) is 22.9. The summed E-state index contributed by atoms with van der Waals surface area (Å²) in [5, 5.41) is 0. The number of piperazine rings is 1. The van der Waals surface area contributed by atoms with Gasteiger partial charge in [-0.05, 0) is 113 Å². The molecule has 10 heteroatoms. The Kier molecular flexibility index (Phi) is 7.11. The maximum absolute atomic E-state index is 13.4. The Morgan fingerprint density at radius 2 is 1.16 bits per heavy atom. The lowest BCUT2D eigenvalue weighted by Gasteiger charge is -2.38. The quantitative estimate of drug-likeness (QED) is 0.522. The summed E-state index contributed by atoms with van der Waals surface area (Å²) in [5.74, 6) is 0. The second kappa shape index (κ2) is 8.87. The molecule has 1 saturated heterocycles. The van der Waals surface area contributed by atoms with Crippen LogP contribution in [0.1, 0.15) is 29.2 Å². The molecule has 6 nitrogen and oxygen atoms in total. The van der Waals surface area contributed by atoms with Gasteiger partial charge in [0.15, 0.2) is 0 Å². The first kappa shape index (κ1) is 24.9. The zero-order chi connectivity index (χ0) is 23.3. The van der Waals surface area contributed by atoms with Gasteiger partial charge in [-0.1, -0.05) is 0 Å². The highest BCUT2D eigenvalue weighted by Crippen LogP contribution is 2.33. The summed E-state index contributed by atoms with van der Waals surface area (Å²) < 4.78 is 57.1. The summed E-state index contributed by atoms with van der Waals surface area (Å²) >= 11 is 6.76. The summed E-state index contributed by atoms with van der Waals surface area (Å²) in [6.07, 6.45) is 0. The molecule has 1 heterocycles. The molecule has 1 atom stereocenters. The van der Waals surface area contributed by atoms with Gasteiger partial charge in [0.05, 0.1) is 9.79 Å². The number of halogens is 2. The molecule has 0 N–H and O–H groups in total. The Labute approximate surface area is 202 Å². The van der Waals surface area contributed by atoms with Gasteiger partial charge in [-0.2, -0.15) is 8.61 Å². The van der Waals surface area contributed by atoms with E-state index in [2.05, 4.69) is 31.9 Å². The molecule has 0 amide bonds. The van der Waals surface area contributed by atoms with Crippen molar-refractivity contribution in [3.05, 3.63) is 55.5 Å². The largest absolute Gasteiger partial charge is 0.244 e. The molecule has 3 rings (SSSR count). The van der Waals surface area contributed by atoms with Gasteiger partial charge in [0.2, 0.25) is 20.0 Å². The molecular weight excluding hydrogens is 568 g/mol. The normalized spacial score (nSPS) is 19.0. The predicted molar refractivity (Wildman–Crippen MR) is 129 cm³/mol. The second-order valence-electron chi connectivity index (χ2n) is 8.06. The van der Waals surface area contributed by atoms with Crippen LogP contribution < -0.4 is 0 Å². The van der Waals surface area contributed by atoms with Crippen molar-refractivity contribution >= 4 is 51.9 Å². The number of nitrogens with zero attached hydrogens (tertiary/aromatic N) is 2. The molecule has 170 valence electrons. The fourth-order valence-corrected chi connectivity index (χ4v) is 9.19. The standard InChI is InChI=1S/C21H26Br2N2O4S2/c1-13-8-18(22)20(10-15(13)3)30(26,27)24-6-7-25(17(5)12-24)31(28,29)21-11-16(4)14(2)9-19(21)23/h8-11,17H,6-7,12H2,1-5H3. The number of aryl methyl sites for hydroxylation is 4. The first-order chi connectivity index (χ1) is 14.3. The molecular formula is C21H26Br2N2O4S2. The highest BCUT2D eigenvalue weighted by atomic mass is 79.9. The Hall–Kier alpha value is -0.780. The maximum Gasteiger partial charge on any atom is 0.244 e. The van der Waals surface area contributed by atoms with Gasteiger partial charge in [-0.3, -0.25) is 0 Å². The van der Waals surface area contributed by atoms with Crippen LogP contribution in [0.2, 0.25) is 0 Å². The van der Waals surface area contributed by atoms with Gasteiger partial charge in [0, 0.05) is 34.6 Å². The molecule has 1 aliphatic rings. The van der Waals surface area contributed by atoms with E-state index in [1.807, 2.05) is 27.7 Å². The van der Waals surface area contributed by atoms with Crippen molar-refractivity contribution in [3.8, 4) is 0 Å². The highest BCUT2D eigenvalue weighted by Gasteiger charge is 2.39. The van der Waals surface area contributed by atoms with Crippen LogP contribution in [0.5, 0.6) is 0 Å². The monoisotopic (exact) mass is 592 g/mol. The van der Waals surface area contributed by atoms with E-state index < -0.39 is 26.1 Å². The number of rotatable bonds is 4. The third kappa shape index (κ3) is 4.65. The van der Waals surface area contributed by atoms with Crippen LogP contribution in [0.4, 0.5) is 0 Å². The molecule has 1 aliphatic heterocycles. The van der Waals surface area contributed by atoms with Crippen LogP contribution in [0.15, 0.2) is 43.0 Å². The third-order valence-electron chi connectivity index (χ3n) is 5.83. The topological polar surface area (TPSA) is 74.8 Å². The Morgan fingerprint density at radius 3 is 1.61 bits per heavy atom. The SMILES string of the molecule is Cc1cc(Br)c(S(=O)(=O)N2CCN(S(=O)(=O)c3cc(C)c(C)cc3Br)C(C)C2)cc1C. The van der Waals surface area contributed by atoms with Crippen molar-refractivity contribution in [1.29, 1.82) is 0 Å². The molecule has 0 saturated carbocycles. The van der Waals surface area contributed by atoms with E-state index in [0.717, 1.165) is 22.3 Å². The van der Waals surface area contributed by atoms with Gasteiger partial charge in [-0.15, -0.1) is 0 Å². The van der Waals surface area contributed by atoms with E-state index in [4.69, 9.17) is 0 Å². The van der Waals surface area contributed by atoms with Crippen molar-refractivity contribution in [1.82, 2.24) is 8.61 Å². The summed E-state index contributed by atoms with van der Waals surface area (Å²) in [7, 11) is -7.54.